The maximum absolute atomic E-state index is 12.6. The standard InChI is InChI=1S/C21H20ClN3O3/c1-13-8-15(22)4-6-18(13)25-21(26)14-9-16(12-23-11-14)24-19-7-5-17(27-2)10-20(19)28-3/h4-12,24H,1-3H3,(H,25,26). The van der Waals surface area contributed by atoms with Gasteiger partial charge in [0.25, 0.3) is 5.91 Å². The van der Waals surface area contributed by atoms with Gasteiger partial charge in [0.15, 0.2) is 0 Å². The van der Waals surface area contributed by atoms with Crippen molar-refractivity contribution < 1.29 is 14.3 Å². The molecule has 144 valence electrons. The molecule has 0 saturated carbocycles. The van der Waals surface area contributed by atoms with Gasteiger partial charge in [-0.1, -0.05) is 11.6 Å². The average Bonchev–Trinajstić information content (AvgIpc) is 2.70. The summed E-state index contributed by atoms with van der Waals surface area (Å²) >= 11 is 5.96. The van der Waals surface area contributed by atoms with Crippen LogP contribution in [-0.2, 0) is 0 Å². The average molecular weight is 398 g/mol. The van der Waals surface area contributed by atoms with Crippen molar-refractivity contribution in [3.05, 3.63) is 71.0 Å². The van der Waals surface area contributed by atoms with E-state index >= 15 is 0 Å². The van der Waals surface area contributed by atoms with Crippen LogP contribution >= 0.6 is 11.6 Å². The molecule has 0 atom stereocenters. The summed E-state index contributed by atoms with van der Waals surface area (Å²) in [7, 11) is 3.17. The number of hydrogen-bond acceptors (Lipinski definition) is 5. The molecule has 6 nitrogen and oxygen atoms in total. The summed E-state index contributed by atoms with van der Waals surface area (Å²) in [6.45, 7) is 1.88. The first kappa shape index (κ1) is 19.5. The number of nitrogens with zero attached hydrogens (tertiary/aromatic N) is 1. The Bertz CT molecular complexity index is 1010. The molecule has 0 saturated heterocycles. The molecule has 0 aliphatic carbocycles. The van der Waals surface area contributed by atoms with Crippen LogP contribution in [0.2, 0.25) is 5.02 Å². The van der Waals surface area contributed by atoms with E-state index in [2.05, 4.69) is 15.6 Å². The Hall–Kier alpha value is -3.25. The molecule has 1 heterocycles. The van der Waals surface area contributed by atoms with Crippen LogP contribution in [0.15, 0.2) is 54.9 Å². The third kappa shape index (κ3) is 4.53. The summed E-state index contributed by atoms with van der Waals surface area (Å²) in [4.78, 5) is 16.8. The van der Waals surface area contributed by atoms with Gasteiger partial charge in [-0.05, 0) is 48.9 Å². The number of amides is 1. The van der Waals surface area contributed by atoms with E-state index < -0.39 is 0 Å². The van der Waals surface area contributed by atoms with Crippen LogP contribution in [-0.4, -0.2) is 25.1 Å². The molecule has 0 aliphatic heterocycles. The molecule has 0 aliphatic rings. The van der Waals surface area contributed by atoms with Crippen LogP contribution in [0.25, 0.3) is 0 Å². The fourth-order valence-electron chi connectivity index (χ4n) is 2.65. The molecular weight excluding hydrogens is 378 g/mol. The summed E-state index contributed by atoms with van der Waals surface area (Å²) < 4.78 is 10.6. The first-order valence-corrected chi connectivity index (χ1v) is 8.89. The number of benzene rings is 2. The first-order chi connectivity index (χ1) is 13.5. The van der Waals surface area contributed by atoms with E-state index in [1.807, 2.05) is 19.1 Å². The van der Waals surface area contributed by atoms with E-state index in [1.165, 1.54) is 6.20 Å². The van der Waals surface area contributed by atoms with Crippen molar-refractivity contribution in [2.45, 2.75) is 6.92 Å². The SMILES string of the molecule is COc1ccc(Nc2cncc(C(=O)Nc3ccc(Cl)cc3C)c2)c(OC)c1. The zero-order chi connectivity index (χ0) is 20.1. The summed E-state index contributed by atoms with van der Waals surface area (Å²) in [5.74, 6) is 1.04. The lowest BCUT2D eigenvalue weighted by atomic mass is 10.2. The third-order valence-electron chi connectivity index (χ3n) is 4.12. The Balaban J connectivity index is 1.79. The molecule has 3 aromatic rings. The molecule has 0 unspecified atom stereocenters. The minimum absolute atomic E-state index is 0.261. The van der Waals surface area contributed by atoms with Crippen molar-refractivity contribution in [3.8, 4) is 11.5 Å². The van der Waals surface area contributed by atoms with Gasteiger partial charge in [-0.25, -0.2) is 0 Å². The second kappa shape index (κ2) is 8.63. The Kier molecular flexibility index (Phi) is 6.01. The highest BCUT2D eigenvalue weighted by Crippen LogP contribution is 2.31. The number of anilines is 3. The van der Waals surface area contributed by atoms with Gasteiger partial charge in [-0.2, -0.15) is 0 Å². The maximum atomic E-state index is 12.6. The fourth-order valence-corrected chi connectivity index (χ4v) is 2.88. The van der Waals surface area contributed by atoms with Gasteiger partial charge in [-0.3, -0.25) is 9.78 Å². The second-order valence-corrected chi connectivity index (χ2v) is 6.50. The molecule has 0 bridgehead atoms. The van der Waals surface area contributed by atoms with Gasteiger partial charge in [0.05, 0.1) is 37.4 Å². The van der Waals surface area contributed by atoms with Crippen molar-refractivity contribution in [1.29, 1.82) is 0 Å². The molecule has 2 N–H and O–H groups in total. The number of halogens is 1. The maximum Gasteiger partial charge on any atom is 0.257 e. The van der Waals surface area contributed by atoms with E-state index in [4.69, 9.17) is 21.1 Å². The molecular formula is C21H20ClN3O3. The van der Waals surface area contributed by atoms with Gasteiger partial charge in [0, 0.05) is 23.0 Å². The number of nitrogens with one attached hydrogen (secondary N) is 2. The normalized spacial score (nSPS) is 10.3. The Labute approximate surface area is 168 Å². The summed E-state index contributed by atoms with van der Waals surface area (Å²) in [5, 5.41) is 6.71. The number of pyridine rings is 1. The van der Waals surface area contributed by atoms with Crippen molar-refractivity contribution in [1.82, 2.24) is 4.98 Å². The highest BCUT2D eigenvalue weighted by molar-refractivity contribution is 6.30. The Morgan fingerprint density at radius 2 is 1.79 bits per heavy atom. The molecule has 0 fully saturated rings. The van der Waals surface area contributed by atoms with Crippen molar-refractivity contribution in [2.24, 2.45) is 0 Å². The summed E-state index contributed by atoms with van der Waals surface area (Å²) in [6, 6.07) is 12.4. The molecule has 7 heteroatoms. The number of aryl methyl sites for hydroxylation is 1. The lowest BCUT2D eigenvalue weighted by molar-refractivity contribution is 0.102. The van der Waals surface area contributed by atoms with Gasteiger partial charge in [0.2, 0.25) is 0 Å². The molecule has 1 amide bonds. The number of carbonyl (C=O) groups excluding carboxylic acids is 1. The second-order valence-electron chi connectivity index (χ2n) is 6.07. The van der Waals surface area contributed by atoms with E-state index in [1.54, 1.807) is 50.7 Å². The highest BCUT2D eigenvalue weighted by atomic mass is 35.5. The number of aromatic nitrogens is 1. The van der Waals surface area contributed by atoms with E-state index in [-0.39, 0.29) is 5.91 Å². The molecule has 2 aromatic carbocycles. The molecule has 0 spiro atoms. The predicted octanol–water partition coefficient (Wildman–Crippen LogP) is 5.06. The van der Waals surface area contributed by atoms with Crippen molar-refractivity contribution in [3.63, 3.8) is 0 Å². The number of carbonyl (C=O) groups is 1. The lowest BCUT2D eigenvalue weighted by Crippen LogP contribution is -2.13. The number of ether oxygens (including phenoxy) is 2. The van der Waals surface area contributed by atoms with Crippen LogP contribution in [0.5, 0.6) is 11.5 Å². The summed E-state index contributed by atoms with van der Waals surface area (Å²) in [5.41, 5.74) is 3.39. The Morgan fingerprint density at radius 3 is 2.50 bits per heavy atom. The lowest BCUT2D eigenvalue weighted by Gasteiger charge is -2.13. The first-order valence-electron chi connectivity index (χ1n) is 8.52. The molecule has 3 rings (SSSR count). The minimum atomic E-state index is -0.261. The van der Waals surface area contributed by atoms with Crippen LogP contribution in [0, 0.1) is 6.92 Å². The van der Waals surface area contributed by atoms with Crippen molar-refractivity contribution >= 4 is 34.6 Å². The van der Waals surface area contributed by atoms with Crippen LogP contribution in [0.4, 0.5) is 17.1 Å². The topological polar surface area (TPSA) is 72.5 Å². The van der Waals surface area contributed by atoms with Gasteiger partial charge in [0.1, 0.15) is 11.5 Å². The van der Waals surface area contributed by atoms with Gasteiger partial charge in [-0.15, -0.1) is 0 Å². The van der Waals surface area contributed by atoms with Gasteiger partial charge >= 0.3 is 0 Å². The summed E-state index contributed by atoms with van der Waals surface area (Å²) in [6.07, 6.45) is 3.14. The van der Waals surface area contributed by atoms with E-state index in [9.17, 15) is 4.79 Å². The number of methoxy groups -OCH3 is 2. The van der Waals surface area contributed by atoms with Crippen molar-refractivity contribution in [2.75, 3.05) is 24.9 Å². The van der Waals surface area contributed by atoms with E-state index in [0.717, 1.165) is 11.3 Å². The van der Waals surface area contributed by atoms with E-state index in [0.29, 0.717) is 33.5 Å². The van der Waals surface area contributed by atoms with Crippen LogP contribution in [0.3, 0.4) is 0 Å². The molecule has 28 heavy (non-hydrogen) atoms. The van der Waals surface area contributed by atoms with Crippen LogP contribution < -0.4 is 20.1 Å². The quantitative estimate of drug-likeness (QED) is 0.608. The third-order valence-corrected chi connectivity index (χ3v) is 4.36. The Morgan fingerprint density at radius 1 is 1.00 bits per heavy atom. The zero-order valence-corrected chi connectivity index (χ0v) is 16.5. The van der Waals surface area contributed by atoms with Gasteiger partial charge < -0.3 is 20.1 Å². The largest absolute Gasteiger partial charge is 0.497 e. The minimum Gasteiger partial charge on any atom is -0.497 e. The smallest absolute Gasteiger partial charge is 0.257 e. The molecule has 1 aromatic heterocycles. The molecule has 0 radical (unpaired) electrons. The zero-order valence-electron chi connectivity index (χ0n) is 15.7. The fraction of sp³-hybridized carbons (Fsp3) is 0.143. The monoisotopic (exact) mass is 397 g/mol. The predicted molar refractivity (Wildman–Crippen MR) is 111 cm³/mol. The highest BCUT2D eigenvalue weighted by Gasteiger charge is 2.11. The number of rotatable bonds is 6. The van der Waals surface area contributed by atoms with Crippen LogP contribution in [0.1, 0.15) is 15.9 Å². The number of hydrogen-bond donors (Lipinski definition) is 2.